The number of carbonyl (C=O) groups is 2. The van der Waals surface area contributed by atoms with Gasteiger partial charge >= 0.3 is 12.0 Å². The first kappa shape index (κ1) is 12.8. The highest BCUT2D eigenvalue weighted by atomic mass is 17.3. The molecule has 2 saturated heterocycles. The summed E-state index contributed by atoms with van der Waals surface area (Å²) < 4.78 is 0. The Bertz CT molecular complexity index is 272. The Kier molecular flexibility index (Phi) is 4.12. The molecule has 0 atom stereocenters. The van der Waals surface area contributed by atoms with Crippen LogP contribution in [0.5, 0.6) is 0 Å². The van der Waals surface area contributed by atoms with Crippen molar-refractivity contribution < 1.29 is 19.4 Å². The second-order valence-corrected chi connectivity index (χ2v) is 3.49. The van der Waals surface area contributed by atoms with E-state index in [-0.39, 0.29) is 12.0 Å². The highest BCUT2D eigenvalue weighted by Crippen LogP contribution is 2.34. The molecule has 2 aliphatic heterocycles. The third kappa shape index (κ3) is 2.11. The maximum absolute atomic E-state index is 11.2. The van der Waals surface area contributed by atoms with Gasteiger partial charge in [0.1, 0.15) is 0 Å². The quantitative estimate of drug-likeness (QED) is 0.621. The molecule has 1 N–H and O–H groups in total. The van der Waals surface area contributed by atoms with Gasteiger partial charge in [-0.3, -0.25) is 4.89 Å². The van der Waals surface area contributed by atoms with E-state index >= 15 is 0 Å². The van der Waals surface area contributed by atoms with Gasteiger partial charge in [0.15, 0.2) is 0 Å². The number of piperidine rings is 1. The highest BCUT2D eigenvalue weighted by Gasteiger charge is 2.54. The van der Waals surface area contributed by atoms with Crippen LogP contribution in [0.4, 0.5) is 4.79 Å². The van der Waals surface area contributed by atoms with Gasteiger partial charge in [0, 0.05) is 33.0 Å². The maximum atomic E-state index is 11.2. The summed E-state index contributed by atoms with van der Waals surface area (Å²) in [6.45, 7) is 5.05. The first-order valence-corrected chi connectivity index (χ1v) is 5.55. The van der Waals surface area contributed by atoms with E-state index in [0.717, 1.165) is 0 Å². The largest absolute Gasteiger partial charge is 0.378 e. The zero-order chi connectivity index (χ0) is 12.2. The standard InChI is InChI=1S/C8H12N2O4.C2H6/c1-9-7(12)10-4-2-8(3-5-10)6(11)13-14-8;1-2/h2-5H2,1H3,(H,9,12);1-2H3. The molecule has 0 aromatic heterocycles. The number of nitrogens with zero attached hydrogens (tertiary/aromatic N) is 1. The van der Waals surface area contributed by atoms with E-state index in [0.29, 0.717) is 25.9 Å². The van der Waals surface area contributed by atoms with Gasteiger partial charge in [-0.25, -0.2) is 9.59 Å². The molecule has 0 unspecified atom stereocenters. The summed E-state index contributed by atoms with van der Waals surface area (Å²) in [7, 11) is 1.58. The summed E-state index contributed by atoms with van der Waals surface area (Å²) in [5.74, 6) is -0.311. The molecular formula is C10H18N2O4. The van der Waals surface area contributed by atoms with Crippen LogP contribution in [-0.4, -0.2) is 42.6 Å². The molecule has 0 aromatic rings. The molecule has 1 spiro atoms. The molecule has 6 nitrogen and oxygen atoms in total. The number of likely N-dealkylation sites (tertiary alicyclic amines) is 1. The average molecular weight is 230 g/mol. The summed E-state index contributed by atoms with van der Waals surface area (Å²) >= 11 is 0. The molecule has 2 aliphatic rings. The molecule has 0 bridgehead atoms. The van der Waals surface area contributed by atoms with Gasteiger partial charge in [-0.15, -0.1) is 0 Å². The zero-order valence-corrected chi connectivity index (χ0v) is 9.91. The third-order valence-electron chi connectivity index (χ3n) is 2.72. The molecule has 0 aromatic carbocycles. The van der Waals surface area contributed by atoms with Crippen molar-refractivity contribution in [3.63, 3.8) is 0 Å². The second kappa shape index (κ2) is 5.16. The normalized spacial score (nSPS) is 21.4. The molecule has 2 rings (SSSR count). The van der Waals surface area contributed by atoms with E-state index in [9.17, 15) is 9.59 Å². The summed E-state index contributed by atoms with van der Waals surface area (Å²) in [5.41, 5.74) is -0.759. The van der Waals surface area contributed by atoms with E-state index in [1.54, 1.807) is 11.9 Å². The molecule has 2 amide bonds. The Morgan fingerprint density at radius 1 is 1.38 bits per heavy atom. The Hall–Kier alpha value is -1.30. The van der Waals surface area contributed by atoms with Gasteiger partial charge in [-0.1, -0.05) is 13.8 Å². The zero-order valence-electron chi connectivity index (χ0n) is 9.91. The van der Waals surface area contributed by atoms with Crippen LogP contribution in [0.2, 0.25) is 0 Å². The minimum Gasteiger partial charge on any atom is -0.341 e. The summed E-state index contributed by atoms with van der Waals surface area (Å²) in [6, 6.07) is -0.118. The number of urea groups is 1. The fourth-order valence-corrected chi connectivity index (χ4v) is 1.71. The van der Waals surface area contributed by atoms with Crippen molar-refractivity contribution >= 4 is 12.0 Å². The molecule has 0 radical (unpaired) electrons. The fraction of sp³-hybridized carbons (Fsp3) is 0.800. The topological polar surface area (TPSA) is 67.9 Å². The van der Waals surface area contributed by atoms with Gasteiger partial charge in [-0.2, -0.15) is 4.89 Å². The number of hydrogen-bond donors (Lipinski definition) is 1. The minimum absolute atomic E-state index is 0.118. The van der Waals surface area contributed by atoms with Crippen LogP contribution >= 0.6 is 0 Å². The van der Waals surface area contributed by atoms with E-state index in [2.05, 4.69) is 10.2 Å². The molecule has 92 valence electrons. The van der Waals surface area contributed by atoms with Crippen molar-refractivity contribution in [2.45, 2.75) is 32.3 Å². The van der Waals surface area contributed by atoms with E-state index in [1.807, 2.05) is 13.8 Å². The number of rotatable bonds is 0. The van der Waals surface area contributed by atoms with Crippen molar-refractivity contribution in [1.29, 1.82) is 0 Å². The lowest BCUT2D eigenvalue weighted by atomic mass is 9.90. The van der Waals surface area contributed by atoms with Crippen molar-refractivity contribution in [3.8, 4) is 0 Å². The molecule has 6 heteroatoms. The highest BCUT2D eigenvalue weighted by molar-refractivity contribution is 5.83. The van der Waals surface area contributed by atoms with Gasteiger partial charge in [0.05, 0.1) is 0 Å². The first-order valence-electron chi connectivity index (χ1n) is 5.55. The summed E-state index contributed by atoms with van der Waals surface area (Å²) in [6.07, 6.45) is 1.03. The number of carbonyl (C=O) groups excluding carboxylic acids is 2. The lowest BCUT2D eigenvalue weighted by molar-refractivity contribution is -0.407. The molecule has 2 heterocycles. The van der Waals surface area contributed by atoms with Crippen molar-refractivity contribution in [1.82, 2.24) is 10.2 Å². The lowest BCUT2D eigenvalue weighted by Crippen LogP contribution is -2.60. The van der Waals surface area contributed by atoms with Crippen molar-refractivity contribution in [3.05, 3.63) is 0 Å². The van der Waals surface area contributed by atoms with Crippen LogP contribution in [0.15, 0.2) is 0 Å². The van der Waals surface area contributed by atoms with Crippen LogP contribution < -0.4 is 5.32 Å². The fourth-order valence-electron chi connectivity index (χ4n) is 1.71. The number of hydrogen-bond acceptors (Lipinski definition) is 4. The van der Waals surface area contributed by atoms with Crippen molar-refractivity contribution in [2.75, 3.05) is 20.1 Å². The van der Waals surface area contributed by atoms with E-state index < -0.39 is 5.60 Å². The third-order valence-corrected chi connectivity index (χ3v) is 2.72. The van der Waals surface area contributed by atoms with E-state index in [1.165, 1.54) is 0 Å². The lowest BCUT2D eigenvalue weighted by Gasteiger charge is -2.42. The molecule has 0 saturated carbocycles. The summed E-state index contributed by atoms with van der Waals surface area (Å²) in [4.78, 5) is 33.1. The van der Waals surface area contributed by atoms with Gasteiger partial charge in [-0.05, 0) is 0 Å². The number of nitrogens with one attached hydrogen (secondary N) is 1. The Labute approximate surface area is 94.8 Å². The van der Waals surface area contributed by atoms with Crippen LogP contribution in [0, 0.1) is 0 Å². The predicted molar refractivity (Wildman–Crippen MR) is 56.5 cm³/mol. The SMILES string of the molecule is CC.CNC(=O)N1CCC2(CC1)OOC2=O. The summed E-state index contributed by atoms with van der Waals surface area (Å²) in [5, 5.41) is 2.54. The first-order chi connectivity index (χ1) is 7.68. The average Bonchev–Trinajstić information content (AvgIpc) is 2.38. The van der Waals surface area contributed by atoms with Gasteiger partial charge < -0.3 is 10.2 Å². The maximum Gasteiger partial charge on any atom is 0.378 e. The van der Waals surface area contributed by atoms with E-state index in [4.69, 9.17) is 4.89 Å². The minimum atomic E-state index is -0.759. The smallest absolute Gasteiger partial charge is 0.341 e. The molecular weight excluding hydrogens is 212 g/mol. The Balaban J connectivity index is 0.000000606. The van der Waals surface area contributed by atoms with Crippen LogP contribution in [0.1, 0.15) is 26.7 Å². The monoisotopic (exact) mass is 230 g/mol. The van der Waals surface area contributed by atoms with Gasteiger partial charge in [0.2, 0.25) is 5.60 Å². The van der Waals surface area contributed by atoms with Crippen LogP contribution in [0.3, 0.4) is 0 Å². The van der Waals surface area contributed by atoms with Crippen LogP contribution in [0.25, 0.3) is 0 Å². The number of amides is 2. The Morgan fingerprint density at radius 2 is 1.94 bits per heavy atom. The van der Waals surface area contributed by atoms with Crippen LogP contribution in [-0.2, 0) is 14.6 Å². The van der Waals surface area contributed by atoms with Gasteiger partial charge in [0.25, 0.3) is 0 Å². The molecule has 2 fully saturated rings. The van der Waals surface area contributed by atoms with Crippen molar-refractivity contribution in [2.24, 2.45) is 0 Å². The molecule has 16 heavy (non-hydrogen) atoms. The molecule has 0 aliphatic carbocycles. The second-order valence-electron chi connectivity index (χ2n) is 3.49. The predicted octanol–water partition coefficient (Wildman–Crippen LogP) is 0.675. The Morgan fingerprint density at radius 3 is 2.25 bits per heavy atom.